The molecule has 22 heavy (non-hydrogen) atoms. The molecule has 1 N–H and O–H groups in total. The van der Waals surface area contributed by atoms with E-state index in [4.69, 9.17) is 4.74 Å². The highest BCUT2D eigenvalue weighted by Crippen LogP contribution is 2.10. The molecule has 1 saturated heterocycles. The van der Waals surface area contributed by atoms with Crippen LogP contribution in [0.1, 0.15) is 64.2 Å². The molecule has 1 heterocycles. The maximum absolute atomic E-state index is 11.7. The first-order valence-corrected chi connectivity index (χ1v) is 8.85. The molecule has 0 radical (unpaired) electrons. The first kappa shape index (κ1) is 19.0. The number of nitrogens with one attached hydrogen (secondary N) is 1. The van der Waals surface area contributed by atoms with Gasteiger partial charge in [-0.3, -0.25) is 9.59 Å². The van der Waals surface area contributed by atoms with Crippen LogP contribution in [-0.4, -0.2) is 36.1 Å². The molecule has 0 aromatic heterocycles. The molecule has 0 aliphatic carbocycles. The Morgan fingerprint density at radius 3 is 2.32 bits per heavy atom. The maximum Gasteiger partial charge on any atom is 0.328 e. The SMILES string of the molecule is O=C(CCCCCCCCCS)CC(=O)N[C@H]1CCOC1=O. The molecule has 126 valence electrons. The van der Waals surface area contributed by atoms with Crippen LogP contribution < -0.4 is 5.32 Å². The maximum atomic E-state index is 11.7. The number of esters is 1. The Balaban J connectivity index is 1.98. The van der Waals surface area contributed by atoms with Gasteiger partial charge in [-0.15, -0.1) is 0 Å². The van der Waals surface area contributed by atoms with Crippen LogP contribution >= 0.6 is 12.6 Å². The Morgan fingerprint density at radius 1 is 1.09 bits per heavy atom. The number of cyclic esters (lactones) is 1. The highest BCUT2D eigenvalue weighted by molar-refractivity contribution is 7.80. The third-order valence-corrected chi connectivity index (χ3v) is 4.06. The van der Waals surface area contributed by atoms with Crippen molar-refractivity contribution in [3.05, 3.63) is 0 Å². The summed E-state index contributed by atoms with van der Waals surface area (Å²) in [6.45, 7) is 0.339. The Bertz CT molecular complexity index is 373. The third kappa shape index (κ3) is 8.41. The van der Waals surface area contributed by atoms with Crippen molar-refractivity contribution in [1.29, 1.82) is 0 Å². The fourth-order valence-corrected chi connectivity index (χ4v) is 2.68. The van der Waals surface area contributed by atoms with E-state index < -0.39 is 12.0 Å². The van der Waals surface area contributed by atoms with Crippen LogP contribution in [0.4, 0.5) is 0 Å². The molecule has 6 heteroatoms. The third-order valence-electron chi connectivity index (χ3n) is 3.74. The minimum atomic E-state index is -0.572. The van der Waals surface area contributed by atoms with Crippen LogP contribution in [0, 0.1) is 0 Å². The van der Waals surface area contributed by atoms with Gasteiger partial charge in [-0.1, -0.05) is 32.1 Å². The van der Waals surface area contributed by atoms with E-state index in [0.717, 1.165) is 25.0 Å². The summed E-state index contributed by atoms with van der Waals surface area (Å²) < 4.78 is 4.76. The van der Waals surface area contributed by atoms with E-state index in [-0.39, 0.29) is 18.1 Å². The molecule has 1 fully saturated rings. The van der Waals surface area contributed by atoms with Gasteiger partial charge >= 0.3 is 5.97 Å². The summed E-state index contributed by atoms with van der Waals surface area (Å²) in [6.07, 6.45) is 8.64. The van der Waals surface area contributed by atoms with E-state index in [2.05, 4.69) is 17.9 Å². The van der Waals surface area contributed by atoms with E-state index in [1.807, 2.05) is 0 Å². The molecular weight excluding hydrogens is 302 g/mol. The smallest absolute Gasteiger partial charge is 0.328 e. The number of carbonyl (C=O) groups is 3. The molecule has 0 unspecified atom stereocenters. The number of hydrogen-bond acceptors (Lipinski definition) is 5. The lowest BCUT2D eigenvalue weighted by Gasteiger charge is -2.08. The van der Waals surface area contributed by atoms with E-state index in [1.54, 1.807) is 0 Å². The second-order valence-corrected chi connectivity index (χ2v) is 6.19. The number of hydrogen-bond donors (Lipinski definition) is 2. The normalized spacial score (nSPS) is 17.3. The van der Waals surface area contributed by atoms with E-state index >= 15 is 0 Å². The fraction of sp³-hybridized carbons (Fsp3) is 0.812. The summed E-state index contributed by atoms with van der Waals surface area (Å²) in [7, 11) is 0. The fourth-order valence-electron chi connectivity index (χ4n) is 2.46. The highest BCUT2D eigenvalue weighted by atomic mass is 32.1. The average Bonchev–Trinajstić information content (AvgIpc) is 2.87. The van der Waals surface area contributed by atoms with Crippen LogP contribution in [0.2, 0.25) is 0 Å². The van der Waals surface area contributed by atoms with Gasteiger partial charge in [0.25, 0.3) is 0 Å². The molecule has 0 saturated carbocycles. The number of thiol groups is 1. The zero-order chi connectivity index (χ0) is 16.2. The molecule has 1 rings (SSSR count). The number of unbranched alkanes of at least 4 members (excludes halogenated alkanes) is 6. The van der Waals surface area contributed by atoms with E-state index in [1.165, 1.54) is 25.7 Å². The number of amides is 1. The molecule has 1 aliphatic heterocycles. The standard InChI is InChI=1S/C16H27NO4S/c18-13(8-6-4-2-1-3-5-7-11-22)12-15(19)17-14-9-10-21-16(14)20/h14,22H,1-12H2,(H,17,19)/t14-/m0/s1. The van der Waals surface area contributed by atoms with Crippen LogP contribution in [0.15, 0.2) is 0 Å². The van der Waals surface area contributed by atoms with Gasteiger partial charge in [-0.25, -0.2) is 4.79 Å². The first-order valence-electron chi connectivity index (χ1n) is 8.22. The summed E-state index contributed by atoms with van der Waals surface area (Å²) in [4.78, 5) is 34.5. The topological polar surface area (TPSA) is 72.5 Å². The van der Waals surface area contributed by atoms with Gasteiger partial charge < -0.3 is 10.1 Å². The van der Waals surface area contributed by atoms with Crippen molar-refractivity contribution in [2.24, 2.45) is 0 Å². The summed E-state index contributed by atoms with van der Waals surface area (Å²) in [6, 6.07) is -0.572. The second kappa shape index (κ2) is 11.5. The van der Waals surface area contributed by atoms with Crippen LogP contribution in [0.25, 0.3) is 0 Å². The van der Waals surface area contributed by atoms with Crippen LogP contribution in [0.3, 0.4) is 0 Å². The quantitative estimate of drug-likeness (QED) is 0.250. The number of carbonyl (C=O) groups excluding carboxylic acids is 3. The highest BCUT2D eigenvalue weighted by Gasteiger charge is 2.28. The predicted octanol–water partition coefficient (Wildman–Crippen LogP) is 2.43. The molecule has 1 amide bonds. The molecule has 0 bridgehead atoms. The van der Waals surface area contributed by atoms with Gasteiger partial charge in [0.05, 0.1) is 13.0 Å². The summed E-state index contributed by atoms with van der Waals surface area (Å²) >= 11 is 4.17. The van der Waals surface area contributed by atoms with Gasteiger partial charge in [0, 0.05) is 12.8 Å². The van der Waals surface area contributed by atoms with E-state index in [9.17, 15) is 14.4 Å². The Labute approximate surface area is 138 Å². The van der Waals surface area contributed by atoms with E-state index in [0.29, 0.717) is 19.4 Å². The van der Waals surface area contributed by atoms with Crippen molar-refractivity contribution in [3.8, 4) is 0 Å². The lowest BCUT2D eigenvalue weighted by atomic mass is 10.1. The minimum absolute atomic E-state index is 0.0565. The van der Waals surface area contributed by atoms with Gasteiger partial charge in [-0.2, -0.15) is 12.6 Å². The van der Waals surface area contributed by atoms with Crippen molar-refractivity contribution >= 4 is 30.3 Å². The number of ketones is 1. The number of Topliss-reactive ketones (excluding diaryl/α,β-unsaturated/α-hetero) is 1. The van der Waals surface area contributed by atoms with Gasteiger partial charge in [0.1, 0.15) is 11.8 Å². The van der Waals surface area contributed by atoms with Crippen molar-refractivity contribution in [2.75, 3.05) is 12.4 Å². The van der Waals surface area contributed by atoms with Gasteiger partial charge in [0.2, 0.25) is 5.91 Å². The lowest BCUT2D eigenvalue weighted by Crippen LogP contribution is -2.38. The predicted molar refractivity (Wildman–Crippen MR) is 87.9 cm³/mol. The monoisotopic (exact) mass is 329 g/mol. The van der Waals surface area contributed by atoms with Crippen molar-refractivity contribution < 1.29 is 19.1 Å². The molecule has 0 spiro atoms. The Morgan fingerprint density at radius 2 is 1.73 bits per heavy atom. The molecule has 5 nitrogen and oxygen atoms in total. The van der Waals surface area contributed by atoms with Crippen molar-refractivity contribution in [1.82, 2.24) is 5.32 Å². The number of ether oxygens (including phenoxy) is 1. The minimum Gasteiger partial charge on any atom is -0.464 e. The second-order valence-electron chi connectivity index (χ2n) is 5.74. The Kier molecular flexibility index (Phi) is 9.95. The van der Waals surface area contributed by atoms with Crippen molar-refractivity contribution in [2.45, 2.75) is 70.3 Å². The van der Waals surface area contributed by atoms with Crippen molar-refractivity contribution in [3.63, 3.8) is 0 Å². The van der Waals surface area contributed by atoms with Crippen LogP contribution in [-0.2, 0) is 19.1 Å². The van der Waals surface area contributed by atoms with Gasteiger partial charge in [0.15, 0.2) is 0 Å². The summed E-state index contributed by atoms with van der Waals surface area (Å²) in [5.41, 5.74) is 0. The average molecular weight is 329 g/mol. The first-order chi connectivity index (χ1) is 10.6. The van der Waals surface area contributed by atoms with Gasteiger partial charge in [-0.05, 0) is 18.6 Å². The number of rotatable bonds is 12. The zero-order valence-corrected chi connectivity index (χ0v) is 14.0. The summed E-state index contributed by atoms with van der Waals surface area (Å²) in [5, 5.41) is 2.55. The zero-order valence-electron chi connectivity index (χ0n) is 13.1. The molecule has 1 aliphatic rings. The molecule has 1 atom stereocenters. The Hall–Kier alpha value is -1.04. The molecule has 0 aromatic carbocycles. The van der Waals surface area contributed by atoms with Crippen LogP contribution in [0.5, 0.6) is 0 Å². The summed E-state index contributed by atoms with van der Waals surface area (Å²) in [5.74, 6) is 0.119. The molecule has 0 aromatic rings. The molecular formula is C16H27NO4S. The lowest BCUT2D eigenvalue weighted by molar-refractivity contribution is -0.142. The largest absolute Gasteiger partial charge is 0.464 e.